The van der Waals surface area contributed by atoms with E-state index >= 15 is 0 Å². The van der Waals surface area contributed by atoms with Gasteiger partial charge in [0.1, 0.15) is 6.07 Å². The van der Waals surface area contributed by atoms with Crippen LogP contribution in [0.5, 0.6) is 0 Å². The van der Waals surface area contributed by atoms with Gasteiger partial charge in [-0.05, 0) is 105 Å². The first-order valence-electron chi connectivity index (χ1n) is 11.7. The molecule has 156 valence electrons. The summed E-state index contributed by atoms with van der Waals surface area (Å²) in [6.07, 6.45) is 19.3. The van der Waals surface area contributed by atoms with Gasteiger partial charge in [0.2, 0.25) is 0 Å². The van der Waals surface area contributed by atoms with Crippen LogP contribution in [0.4, 0.5) is 4.39 Å². The predicted octanol–water partition coefficient (Wildman–Crippen LogP) is 8.04. The Hall–Kier alpha value is -1.88. The van der Waals surface area contributed by atoms with Crippen LogP contribution in [-0.2, 0) is 6.42 Å². The number of unbranched alkanes of at least 4 members (excludes halogenated alkanes) is 1. The number of halogens is 1. The molecular weight excluding hydrogens is 357 g/mol. The molecule has 1 aromatic carbocycles. The molecule has 0 amide bonds. The molecule has 1 nitrogen and oxygen atoms in total. The highest BCUT2D eigenvalue weighted by molar-refractivity contribution is 5.26. The molecule has 2 aliphatic rings. The number of hydrogen-bond acceptors (Lipinski definition) is 1. The van der Waals surface area contributed by atoms with Gasteiger partial charge in [0.25, 0.3) is 0 Å². The van der Waals surface area contributed by atoms with Crippen molar-refractivity contribution in [1.29, 1.82) is 5.26 Å². The molecule has 0 radical (unpaired) electrons. The van der Waals surface area contributed by atoms with Crippen LogP contribution in [0.1, 0.15) is 88.2 Å². The average molecular weight is 394 g/mol. The Balaban J connectivity index is 1.42. The SMILES string of the molecule is CCCCc1ccc([C@H]2CC[C@H](C3CCC(/C=C/C=C(\F)C#N)CC3)CC2)cc1. The fourth-order valence-corrected chi connectivity index (χ4v) is 5.40. The maximum Gasteiger partial charge on any atom is 0.199 e. The van der Waals surface area contributed by atoms with Gasteiger partial charge in [-0.25, -0.2) is 0 Å². The molecule has 0 unspecified atom stereocenters. The van der Waals surface area contributed by atoms with Gasteiger partial charge in [-0.15, -0.1) is 0 Å². The smallest absolute Gasteiger partial charge is 0.195 e. The molecule has 2 fully saturated rings. The van der Waals surface area contributed by atoms with E-state index in [1.165, 1.54) is 88.3 Å². The van der Waals surface area contributed by atoms with E-state index in [2.05, 4.69) is 37.3 Å². The van der Waals surface area contributed by atoms with Crippen molar-refractivity contribution in [2.45, 2.75) is 83.5 Å². The van der Waals surface area contributed by atoms with Gasteiger partial charge in [0.15, 0.2) is 5.83 Å². The van der Waals surface area contributed by atoms with Crippen molar-refractivity contribution in [3.05, 3.63) is 59.4 Å². The van der Waals surface area contributed by atoms with Crippen LogP contribution in [0.15, 0.2) is 48.3 Å². The van der Waals surface area contributed by atoms with Gasteiger partial charge in [-0.2, -0.15) is 9.65 Å². The summed E-state index contributed by atoms with van der Waals surface area (Å²) in [6.45, 7) is 2.26. The summed E-state index contributed by atoms with van der Waals surface area (Å²) in [6, 6.07) is 11.0. The average Bonchev–Trinajstić information content (AvgIpc) is 2.78. The molecule has 3 rings (SSSR count). The van der Waals surface area contributed by atoms with E-state index in [0.29, 0.717) is 5.92 Å². The zero-order valence-electron chi connectivity index (χ0n) is 18.0. The summed E-state index contributed by atoms with van der Waals surface area (Å²) >= 11 is 0. The minimum Gasteiger partial charge on any atom is -0.195 e. The van der Waals surface area contributed by atoms with Crippen LogP contribution in [-0.4, -0.2) is 0 Å². The first-order valence-corrected chi connectivity index (χ1v) is 11.7. The van der Waals surface area contributed by atoms with Gasteiger partial charge < -0.3 is 0 Å². The van der Waals surface area contributed by atoms with E-state index < -0.39 is 5.83 Å². The molecule has 29 heavy (non-hydrogen) atoms. The standard InChI is InChI=1S/C27H36FN/c1-2-3-5-21-8-12-23(13-9-21)25-16-18-26(19-17-25)24-14-10-22(11-15-24)6-4-7-27(28)20-29/h4,6-9,12-13,22,24-26H,2-3,5,10-11,14-19H2,1H3/b6-4+,27-7-/t22?,24?,25-,26-. The lowest BCUT2D eigenvalue weighted by Crippen LogP contribution is -2.25. The number of aryl methyl sites for hydroxylation is 1. The minimum atomic E-state index is -0.706. The second-order valence-electron chi connectivity index (χ2n) is 9.14. The van der Waals surface area contributed by atoms with Crippen LogP contribution in [0.3, 0.4) is 0 Å². The van der Waals surface area contributed by atoms with Crippen molar-refractivity contribution in [3.8, 4) is 6.07 Å². The summed E-state index contributed by atoms with van der Waals surface area (Å²) in [7, 11) is 0. The van der Waals surface area contributed by atoms with E-state index in [9.17, 15) is 4.39 Å². The molecule has 0 heterocycles. The maximum absolute atomic E-state index is 12.9. The van der Waals surface area contributed by atoms with Crippen molar-refractivity contribution in [2.24, 2.45) is 17.8 Å². The van der Waals surface area contributed by atoms with E-state index in [1.54, 1.807) is 11.6 Å². The highest BCUT2D eigenvalue weighted by atomic mass is 19.1. The van der Waals surface area contributed by atoms with Crippen LogP contribution in [0, 0.1) is 29.1 Å². The van der Waals surface area contributed by atoms with Crippen molar-refractivity contribution in [1.82, 2.24) is 0 Å². The minimum absolute atomic E-state index is 0.552. The summed E-state index contributed by atoms with van der Waals surface area (Å²) in [5.41, 5.74) is 3.04. The molecule has 0 atom stereocenters. The van der Waals surface area contributed by atoms with E-state index in [-0.39, 0.29) is 0 Å². The Morgan fingerprint density at radius 2 is 1.62 bits per heavy atom. The lowest BCUT2D eigenvalue weighted by atomic mass is 9.68. The third-order valence-electron chi connectivity index (χ3n) is 7.26. The van der Waals surface area contributed by atoms with Crippen molar-refractivity contribution in [2.75, 3.05) is 0 Å². The normalized spacial score (nSPS) is 28.4. The molecule has 2 saturated carbocycles. The molecule has 0 aliphatic heterocycles. The van der Waals surface area contributed by atoms with Gasteiger partial charge in [-0.1, -0.05) is 49.8 Å². The fourth-order valence-electron chi connectivity index (χ4n) is 5.40. The third-order valence-corrected chi connectivity index (χ3v) is 7.26. The first kappa shape index (κ1) is 21.8. The van der Waals surface area contributed by atoms with Crippen molar-refractivity contribution < 1.29 is 4.39 Å². The van der Waals surface area contributed by atoms with E-state index in [0.717, 1.165) is 17.8 Å². The largest absolute Gasteiger partial charge is 0.199 e. The van der Waals surface area contributed by atoms with E-state index in [4.69, 9.17) is 5.26 Å². The number of benzene rings is 1. The molecule has 0 aromatic heterocycles. The predicted molar refractivity (Wildman–Crippen MR) is 119 cm³/mol. The molecule has 0 saturated heterocycles. The monoisotopic (exact) mass is 393 g/mol. The Labute approximate surface area is 176 Å². The second-order valence-corrected chi connectivity index (χ2v) is 9.14. The lowest BCUT2D eigenvalue weighted by molar-refractivity contribution is 0.171. The highest BCUT2D eigenvalue weighted by Crippen LogP contribution is 2.44. The number of nitrogens with zero attached hydrogens (tertiary/aromatic N) is 1. The fraction of sp³-hybridized carbons (Fsp3) is 0.593. The lowest BCUT2D eigenvalue weighted by Gasteiger charge is -2.37. The molecule has 2 heteroatoms. The summed E-state index contributed by atoms with van der Waals surface area (Å²) in [4.78, 5) is 0. The summed E-state index contributed by atoms with van der Waals surface area (Å²) < 4.78 is 12.9. The second kappa shape index (κ2) is 11.3. The van der Waals surface area contributed by atoms with E-state index in [1.807, 2.05) is 0 Å². The van der Waals surface area contributed by atoms with Gasteiger partial charge in [-0.3, -0.25) is 0 Å². The molecule has 0 bridgehead atoms. The Kier molecular flexibility index (Phi) is 8.53. The first-order chi connectivity index (χ1) is 14.2. The van der Waals surface area contributed by atoms with Crippen LogP contribution >= 0.6 is 0 Å². The molecule has 0 N–H and O–H groups in total. The number of allylic oxidation sites excluding steroid dienone is 4. The topological polar surface area (TPSA) is 23.8 Å². The summed E-state index contributed by atoms with van der Waals surface area (Å²) in [5.74, 6) is 2.38. The quantitative estimate of drug-likeness (QED) is 0.339. The molecule has 2 aliphatic carbocycles. The highest BCUT2D eigenvalue weighted by Gasteiger charge is 2.30. The number of rotatable bonds is 7. The number of hydrogen-bond donors (Lipinski definition) is 0. The van der Waals surface area contributed by atoms with Crippen LogP contribution in [0.2, 0.25) is 0 Å². The number of nitriles is 1. The Bertz CT molecular complexity index is 708. The zero-order chi connectivity index (χ0) is 20.5. The molecular formula is C27H36FN. The van der Waals surface area contributed by atoms with Crippen molar-refractivity contribution >= 4 is 0 Å². The molecule has 0 spiro atoms. The van der Waals surface area contributed by atoms with Crippen LogP contribution < -0.4 is 0 Å². The van der Waals surface area contributed by atoms with Gasteiger partial charge in [0, 0.05) is 0 Å². The zero-order valence-corrected chi connectivity index (χ0v) is 18.0. The Morgan fingerprint density at radius 3 is 2.21 bits per heavy atom. The van der Waals surface area contributed by atoms with Crippen LogP contribution in [0.25, 0.3) is 0 Å². The van der Waals surface area contributed by atoms with Crippen molar-refractivity contribution in [3.63, 3.8) is 0 Å². The maximum atomic E-state index is 12.9. The van der Waals surface area contributed by atoms with Gasteiger partial charge >= 0.3 is 0 Å². The summed E-state index contributed by atoms with van der Waals surface area (Å²) in [5, 5.41) is 8.46. The van der Waals surface area contributed by atoms with Gasteiger partial charge in [0.05, 0.1) is 0 Å². The third kappa shape index (κ3) is 6.56. The Morgan fingerprint density at radius 1 is 1.00 bits per heavy atom. The molecule has 1 aromatic rings.